The van der Waals surface area contributed by atoms with Gasteiger partial charge in [-0.05, 0) is 48.7 Å². The summed E-state index contributed by atoms with van der Waals surface area (Å²) in [6.07, 6.45) is -3.09. The van der Waals surface area contributed by atoms with Crippen LogP contribution in [0.3, 0.4) is 0 Å². The van der Waals surface area contributed by atoms with Gasteiger partial charge in [0.15, 0.2) is 35.2 Å². The first-order valence-electron chi connectivity index (χ1n) is 16.5. The van der Waals surface area contributed by atoms with E-state index in [2.05, 4.69) is 5.32 Å². The normalized spacial score (nSPS) is 22.1. The molecule has 1 aliphatic heterocycles. The molecule has 51 heavy (non-hydrogen) atoms. The van der Waals surface area contributed by atoms with Crippen molar-refractivity contribution in [3.8, 4) is 23.0 Å². The van der Waals surface area contributed by atoms with Crippen molar-refractivity contribution in [3.63, 3.8) is 0 Å². The van der Waals surface area contributed by atoms with Crippen LogP contribution in [-0.4, -0.2) is 95.0 Å². The lowest BCUT2D eigenvalue weighted by molar-refractivity contribution is -0.288. The first-order valence-corrected chi connectivity index (χ1v) is 16.5. The summed E-state index contributed by atoms with van der Waals surface area (Å²) >= 11 is 0. The number of esters is 4. The molecule has 1 aliphatic carbocycles. The van der Waals surface area contributed by atoms with Crippen LogP contribution in [0.1, 0.15) is 69.3 Å². The van der Waals surface area contributed by atoms with Crippen molar-refractivity contribution in [3.05, 3.63) is 47.5 Å². The van der Waals surface area contributed by atoms with E-state index in [0.29, 0.717) is 18.0 Å². The number of rotatable bonds is 14. The largest absolute Gasteiger partial charge is 0.493 e. The van der Waals surface area contributed by atoms with Crippen LogP contribution in [0.25, 0.3) is 0 Å². The molecule has 15 heteroatoms. The summed E-state index contributed by atoms with van der Waals surface area (Å²) in [4.78, 5) is 61.6. The molecule has 1 N–H and O–H groups in total. The average molecular weight is 716 g/mol. The number of carbonyl (C=O) groups excluding carboxylic acids is 5. The van der Waals surface area contributed by atoms with E-state index in [0.717, 1.165) is 52.0 Å². The lowest BCUT2D eigenvalue weighted by Crippen LogP contribution is -2.63. The Morgan fingerprint density at radius 2 is 1.27 bits per heavy atom. The van der Waals surface area contributed by atoms with Gasteiger partial charge in [0.25, 0.3) is 5.91 Å². The van der Waals surface area contributed by atoms with Crippen LogP contribution >= 0.6 is 0 Å². The SMILES string of the molecule is COc1ccc(C2(CNC(=O)c3ccc(O[C@@H]4O[C@@H](COC(C)=O)[C@H](OC(C)=O)[C@H](OC(C)=O)[C@@H]4OC(C)=O)c(OC)c3)CCCC2)cc1OC. The molecule has 2 aliphatic rings. The second kappa shape index (κ2) is 17.2. The van der Waals surface area contributed by atoms with Gasteiger partial charge in [0.05, 0.1) is 21.3 Å². The maximum Gasteiger partial charge on any atom is 0.303 e. The quantitative estimate of drug-likeness (QED) is 0.222. The number of nitrogens with one attached hydrogen (secondary N) is 1. The summed E-state index contributed by atoms with van der Waals surface area (Å²) in [5.74, 6) is -1.87. The fraction of sp³-hybridized carbons (Fsp3) is 0.528. The summed E-state index contributed by atoms with van der Waals surface area (Å²) in [5.41, 5.74) is 1.03. The number of benzene rings is 2. The van der Waals surface area contributed by atoms with E-state index in [1.807, 2.05) is 18.2 Å². The van der Waals surface area contributed by atoms with Gasteiger partial charge in [-0.2, -0.15) is 0 Å². The highest BCUT2D eigenvalue weighted by Gasteiger charge is 2.53. The summed E-state index contributed by atoms with van der Waals surface area (Å²) in [7, 11) is 4.54. The number of ether oxygens (including phenoxy) is 9. The average Bonchev–Trinajstić information content (AvgIpc) is 3.58. The number of carbonyl (C=O) groups is 5. The highest BCUT2D eigenvalue weighted by molar-refractivity contribution is 5.95. The predicted octanol–water partition coefficient (Wildman–Crippen LogP) is 3.42. The van der Waals surface area contributed by atoms with Crippen LogP contribution in [-0.2, 0) is 48.3 Å². The number of hydrogen-bond donors (Lipinski definition) is 1. The first kappa shape index (κ1) is 38.7. The highest BCUT2D eigenvalue weighted by Crippen LogP contribution is 2.43. The lowest BCUT2D eigenvalue weighted by Gasteiger charge is -2.44. The molecule has 1 saturated carbocycles. The van der Waals surface area contributed by atoms with Crippen LogP contribution in [0.15, 0.2) is 36.4 Å². The van der Waals surface area contributed by atoms with E-state index < -0.39 is 61.2 Å². The van der Waals surface area contributed by atoms with Crippen molar-refractivity contribution in [2.45, 2.75) is 89.5 Å². The van der Waals surface area contributed by atoms with Crippen LogP contribution in [0, 0.1) is 0 Å². The van der Waals surface area contributed by atoms with Gasteiger partial charge < -0.3 is 47.9 Å². The van der Waals surface area contributed by atoms with Crippen molar-refractivity contribution in [2.24, 2.45) is 0 Å². The number of methoxy groups -OCH3 is 3. The number of amides is 1. The molecule has 0 radical (unpaired) electrons. The molecule has 1 heterocycles. The second-order valence-corrected chi connectivity index (χ2v) is 12.3. The fourth-order valence-electron chi connectivity index (χ4n) is 6.45. The number of hydrogen-bond acceptors (Lipinski definition) is 14. The van der Waals surface area contributed by atoms with E-state index in [1.54, 1.807) is 14.2 Å². The van der Waals surface area contributed by atoms with E-state index in [-0.39, 0.29) is 28.4 Å². The zero-order valence-corrected chi connectivity index (χ0v) is 29.8. The van der Waals surface area contributed by atoms with Crippen molar-refractivity contribution < 1.29 is 66.6 Å². The van der Waals surface area contributed by atoms with Gasteiger partial charge in [0, 0.05) is 45.2 Å². The molecule has 15 nitrogen and oxygen atoms in total. The Balaban J connectivity index is 1.59. The van der Waals surface area contributed by atoms with Gasteiger partial charge in [-0.15, -0.1) is 0 Å². The Kier molecular flexibility index (Phi) is 13.1. The molecule has 2 fully saturated rings. The van der Waals surface area contributed by atoms with Crippen molar-refractivity contribution >= 4 is 29.8 Å². The molecule has 2 aromatic rings. The van der Waals surface area contributed by atoms with Crippen LogP contribution in [0.4, 0.5) is 0 Å². The molecule has 2 aromatic carbocycles. The zero-order valence-electron chi connectivity index (χ0n) is 29.8. The van der Waals surface area contributed by atoms with Gasteiger partial charge >= 0.3 is 23.9 Å². The monoisotopic (exact) mass is 715 g/mol. The lowest BCUT2D eigenvalue weighted by atomic mass is 9.78. The van der Waals surface area contributed by atoms with Crippen molar-refractivity contribution in [2.75, 3.05) is 34.5 Å². The van der Waals surface area contributed by atoms with Gasteiger partial charge in [0.1, 0.15) is 12.7 Å². The van der Waals surface area contributed by atoms with Gasteiger partial charge in [0.2, 0.25) is 12.4 Å². The second-order valence-electron chi connectivity index (χ2n) is 12.3. The third-order valence-electron chi connectivity index (χ3n) is 8.76. The molecule has 0 aromatic heterocycles. The highest BCUT2D eigenvalue weighted by atomic mass is 16.7. The third-order valence-corrected chi connectivity index (χ3v) is 8.76. The Hall–Kier alpha value is -5.05. The first-order chi connectivity index (χ1) is 24.3. The minimum Gasteiger partial charge on any atom is -0.493 e. The predicted molar refractivity (Wildman–Crippen MR) is 178 cm³/mol. The molecular formula is C36H45NO14. The van der Waals surface area contributed by atoms with Gasteiger partial charge in [-0.25, -0.2) is 0 Å². The maximum absolute atomic E-state index is 13.5. The van der Waals surface area contributed by atoms with Crippen molar-refractivity contribution in [1.29, 1.82) is 0 Å². The maximum atomic E-state index is 13.5. The zero-order chi connectivity index (χ0) is 37.3. The smallest absolute Gasteiger partial charge is 0.303 e. The Morgan fingerprint density at radius 3 is 1.86 bits per heavy atom. The van der Waals surface area contributed by atoms with Crippen LogP contribution < -0.4 is 24.3 Å². The third kappa shape index (κ3) is 9.60. The Labute approximate surface area is 296 Å². The topological polar surface area (TPSA) is 180 Å². The van der Waals surface area contributed by atoms with E-state index >= 15 is 0 Å². The van der Waals surface area contributed by atoms with E-state index in [9.17, 15) is 24.0 Å². The van der Waals surface area contributed by atoms with Crippen LogP contribution in [0.5, 0.6) is 23.0 Å². The minimum absolute atomic E-state index is 0.0764. The molecule has 1 amide bonds. The molecule has 4 rings (SSSR count). The standard InChI is InChI=1S/C36H45NO14/c1-20(38)46-18-30-31(47-21(2)39)32(48-22(3)40)33(49-23(4)41)35(51-30)50-27-12-10-24(16-28(27)44-6)34(42)37-19-36(14-8-9-15-36)25-11-13-26(43-5)29(17-25)45-7/h10-13,16-17,30-33,35H,8-9,14-15,18-19H2,1-7H3,(H,37,42)/t30-,31-,32-,33-,35+/m0/s1. The summed E-state index contributed by atoms with van der Waals surface area (Å²) in [5, 5.41) is 3.08. The van der Waals surface area contributed by atoms with Crippen molar-refractivity contribution in [1.82, 2.24) is 5.32 Å². The minimum atomic E-state index is -1.48. The summed E-state index contributed by atoms with van der Waals surface area (Å²) in [6, 6.07) is 10.3. The molecule has 0 spiro atoms. The van der Waals surface area contributed by atoms with Gasteiger partial charge in [-0.3, -0.25) is 24.0 Å². The summed E-state index contributed by atoms with van der Waals surface area (Å²) < 4.78 is 50.2. The fourth-order valence-corrected chi connectivity index (χ4v) is 6.45. The molecule has 0 bridgehead atoms. The van der Waals surface area contributed by atoms with Gasteiger partial charge in [-0.1, -0.05) is 18.9 Å². The molecule has 1 saturated heterocycles. The van der Waals surface area contributed by atoms with Crippen LogP contribution in [0.2, 0.25) is 0 Å². The van der Waals surface area contributed by atoms with E-state index in [1.165, 1.54) is 32.2 Å². The van der Waals surface area contributed by atoms with E-state index in [4.69, 9.17) is 42.6 Å². The molecule has 0 unspecified atom stereocenters. The molecule has 278 valence electrons. The summed E-state index contributed by atoms with van der Waals surface area (Å²) in [6.45, 7) is 4.52. The Bertz CT molecular complexity index is 1590. The Morgan fingerprint density at radius 1 is 0.706 bits per heavy atom. The molecular weight excluding hydrogens is 670 g/mol. The molecule has 5 atom stereocenters.